The monoisotopic (exact) mass is 220 g/mol. The smallest absolute Gasteiger partial charge is 0.0898 e. The summed E-state index contributed by atoms with van der Waals surface area (Å²) in [5, 5.41) is 0. The highest BCUT2D eigenvalue weighted by atomic mass is 14.9. The Bertz CT molecular complexity index is 252. The van der Waals surface area contributed by atoms with Gasteiger partial charge in [-0.3, -0.25) is 0 Å². The maximum Gasteiger partial charge on any atom is 0.0898 e. The zero-order chi connectivity index (χ0) is 11.2. The van der Waals surface area contributed by atoms with Gasteiger partial charge >= 0.3 is 0 Å². The molecule has 0 bridgehead atoms. The molecule has 2 fully saturated rings. The van der Waals surface area contributed by atoms with E-state index >= 15 is 0 Å². The van der Waals surface area contributed by atoms with Crippen molar-refractivity contribution in [2.45, 2.75) is 76.8 Å². The van der Waals surface area contributed by atoms with E-state index in [9.17, 15) is 0 Å². The standard InChI is InChI=1S/C14H24N2/c1-12-7-9-14(10-8-12)16-11-15-13-5-3-2-4-6-13/h12-14H,2-10H2,1H3. The number of hydrogen-bond donors (Lipinski definition) is 0. The van der Waals surface area contributed by atoms with Crippen molar-refractivity contribution in [3.8, 4) is 0 Å². The van der Waals surface area contributed by atoms with Gasteiger partial charge in [-0.05, 0) is 44.4 Å². The van der Waals surface area contributed by atoms with Crippen LogP contribution in [0.5, 0.6) is 0 Å². The zero-order valence-electron chi connectivity index (χ0n) is 10.5. The average Bonchev–Trinajstić information content (AvgIpc) is 2.33. The van der Waals surface area contributed by atoms with E-state index in [1.54, 1.807) is 0 Å². The van der Waals surface area contributed by atoms with Gasteiger partial charge in [0.1, 0.15) is 0 Å². The quantitative estimate of drug-likeness (QED) is 0.627. The topological polar surface area (TPSA) is 24.7 Å². The Labute approximate surface area is 99.3 Å². The van der Waals surface area contributed by atoms with Crippen molar-refractivity contribution < 1.29 is 0 Å². The third-order valence-electron chi connectivity index (χ3n) is 4.04. The molecule has 0 aromatic carbocycles. The molecule has 0 heterocycles. The molecule has 16 heavy (non-hydrogen) atoms. The molecule has 0 atom stereocenters. The fraction of sp³-hybridized carbons (Fsp3) is 0.929. The van der Waals surface area contributed by atoms with E-state index < -0.39 is 0 Å². The van der Waals surface area contributed by atoms with Crippen LogP contribution in [0.2, 0.25) is 0 Å². The fourth-order valence-corrected chi connectivity index (χ4v) is 2.78. The zero-order valence-corrected chi connectivity index (χ0v) is 10.5. The predicted octanol–water partition coefficient (Wildman–Crippen LogP) is 4.07. The number of aliphatic imine (C=N–C) groups is 2. The van der Waals surface area contributed by atoms with Gasteiger partial charge in [-0.15, -0.1) is 0 Å². The molecule has 0 aliphatic heterocycles. The van der Waals surface area contributed by atoms with E-state index in [4.69, 9.17) is 0 Å². The molecular formula is C14H24N2. The van der Waals surface area contributed by atoms with Crippen LogP contribution in [-0.2, 0) is 0 Å². The summed E-state index contributed by atoms with van der Waals surface area (Å²) in [6.45, 7) is 2.34. The van der Waals surface area contributed by atoms with Crippen molar-refractivity contribution in [1.82, 2.24) is 0 Å². The van der Waals surface area contributed by atoms with Crippen LogP contribution < -0.4 is 0 Å². The van der Waals surface area contributed by atoms with Crippen molar-refractivity contribution in [3.05, 3.63) is 0 Å². The lowest BCUT2D eigenvalue weighted by molar-refractivity contribution is 0.350. The van der Waals surface area contributed by atoms with Crippen molar-refractivity contribution in [2.24, 2.45) is 15.9 Å². The maximum absolute atomic E-state index is 4.50. The predicted molar refractivity (Wildman–Crippen MR) is 68.2 cm³/mol. The fourth-order valence-electron chi connectivity index (χ4n) is 2.78. The Balaban J connectivity index is 1.76. The van der Waals surface area contributed by atoms with Crippen LogP contribution in [0.3, 0.4) is 0 Å². The molecule has 2 aliphatic carbocycles. The van der Waals surface area contributed by atoms with Crippen molar-refractivity contribution >= 4 is 6.01 Å². The number of rotatable bonds is 2. The summed E-state index contributed by atoms with van der Waals surface area (Å²) in [6, 6.07) is 4.03. The van der Waals surface area contributed by atoms with E-state index in [2.05, 4.69) is 22.9 Å². The van der Waals surface area contributed by atoms with Crippen LogP contribution >= 0.6 is 0 Å². The minimum atomic E-state index is 0.517. The summed E-state index contributed by atoms with van der Waals surface area (Å²) in [5.41, 5.74) is 0. The minimum absolute atomic E-state index is 0.517. The first-order valence-electron chi connectivity index (χ1n) is 6.99. The van der Waals surface area contributed by atoms with E-state index in [1.807, 2.05) is 0 Å². The molecule has 90 valence electrons. The van der Waals surface area contributed by atoms with Gasteiger partial charge in [0, 0.05) is 0 Å². The van der Waals surface area contributed by atoms with Crippen LogP contribution in [0.4, 0.5) is 0 Å². The second-order valence-corrected chi connectivity index (χ2v) is 5.56. The number of nitrogens with zero attached hydrogens (tertiary/aromatic N) is 2. The summed E-state index contributed by atoms with van der Waals surface area (Å²) in [4.78, 5) is 8.97. The highest BCUT2D eigenvalue weighted by molar-refractivity contribution is 5.42. The lowest BCUT2D eigenvalue weighted by Gasteiger charge is -2.22. The summed E-state index contributed by atoms with van der Waals surface area (Å²) in [6.07, 6.45) is 11.7. The van der Waals surface area contributed by atoms with E-state index in [0.29, 0.717) is 12.1 Å². The van der Waals surface area contributed by atoms with Crippen LogP contribution in [0, 0.1) is 5.92 Å². The van der Waals surface area contributed by atoms with Gasteiger partial charge in [-0.2, -0.15) is 0 Å². The molecule has 0 aromatic heterocycles. The molecule has 2 aliphatic rings. The van der Waals surface area contributed by atoms with Crippen molar-refractivity contribution in [3.63, 3.8) is 0 Å². The molecule has 0 spiro atoms. The largest absolute Gasteiger partial charge is 0.222 e. The third kappa shape index (κ3) is 3.75. The Kier molecular flexibility index (Phi) is 4.59. The second-order valence-electron chi connectivity index (χ2n) is 5.56. The van der Waals surface area contributed by atoms with Gasteiger partial charge in [0.05, 0.1) is 18.1 Å². The lowest BCUT2D eigenvalue weighted by Crippen LogP contribution is -2.15. The summed E-state index contributed by atoms with van der Waals surface area (Å²) in [5.74, 6) is 0.904. The Hall–Kier alpha value is -0.620. The molecule has 2 heteroatoms. The Morgan fingerprint density at radius 3 is 1.94 bits per heavy atom. The van der Waals surface area contributed by atoms with E-state index in [0.717, 1.165) is 5.92 Å². The van der Waals surface area contributed by atoms with Crippen LogP contribution in [-0.4, -0.2) is 18.1 Å². The summed E-state index contributed by atoms with van der Waals surface area (Å²) in [7, 11) is 0. The van der Waals surface area contributed by atoms with Crippen LogP contribution in [0.1, 0.15) is 64.7 Å². The molecule has 2 saturated carbocycles. The second kappa shape index (κ2) is 6.20. The van der Waals surface area contributed by atoms with Crippen molar-refractivity contribution in [1.29, 1.82) is 0 Å². The first-order valence-corrected chi connectivity index (χ1v) is 6.99. The van der Waals surface area contributed by atoms with E-state index in [-0.39, 0.29) is 0 Å². The van der Waals surface area contributed by atoms with Crippen LogP contribution in [0.15, 0.2) is 9.98 Å². The first-order chi connectivity index (χ1) is 7.84. The normalized spacial score (nSPS) is 31.8. The molecular weight excluding hydrogens is 196 g/mol. The first kappa shape index (κ1) is 11.9. The molecule has 0 aromatic rings. The molecule has 0 saturated heterocycles. The molecule has 2 rings (SSSR count). The van der Waals surface area contributed by atoms with Gasteiger partial charge in [0.15, 0.2) is 0 Å². The van der Waals surface area contributed by atoms with Gasteiger partial charge < -0.3 is 0 Å². The van der Waals surface area contributed by atoms with Crippen molar-refractivity contribution in [2.75, 3.05) is 0 Å². The Morgan fingerprint density at radius 1 is 0.750 bits per heavy atom. The lowest BCUT2D eigenvalue weighted by atomic mass is 9.88. The van der Waals surface area contributed by atoms with E-state index in [1.165, 1.54) is 57.8 Å². The van der Waals surface area contributed by atoms with Gasteiger partial charge in [0.25, 0.3) is 0 Å². The average molecular weight is 220 g/mol. The van der Waals surface area contributed by atoms with Gasteiger partial charge in [-0.25, -0.2) is 9.98 Å². The highest BCUT2D eigenvalue weighted by Gasteiger charge is 2.16. The minimum Gasteiger partial charge on any atom is -0.222 e. The maximum atomic E-state index is 4.50. The highest BCUT2D eigenvalue weighted by Crippen LogP contribution is 2.25. The molecule has 0 N–H and O–H groups in total. The number of hydrogen-bond acceptors (Lipinski definition) is 2. The van der Waals surface area contributed by atoms with Gasteiger partial charge in [-0.1, -0.05) is 26.2 Å². The third-order valence-corrected chi connectivity index (χ3v) is 4.04. The summed E-state index contributed by atoms with van der Waals surface area (Å²) < 4.78 is 0. The molecule has 2 nitrogen and oxygen atoms in total. The summed E-state index contributed by atoms with van der Waals surface area (Å²) >= 11 is 0. The molecule has 0 radical (unpaired) electrons. The van der Waals surface area contributed by atoms with Gasteiger partial charge in [0.2, 0.25) is 0 Å². The van der Waals surface area contributed by atoms with Crippen LogP contribution in [0.25, 0.3) is 0 Å². The SMILES string of the molecule is CC1CCC(N=C=NC2CCCCC2)CC1. The Morgan fingerprint density at radius 2 is 1.31 bits per heavy atom. The molecule has 0 amide bonds. The molecule has 0 unspecified atom stereocenters.